The van der Waals surface area contributed by atoms with Gasteiger partial charge in [-0.3, -0.25) is 4.68 Å². The van der Waals surface area contributed by atoms with Crippen LogP contribution in [0.5, 0.6) is 0 Å². The van der Waals surface area contributed by atoms with Crippen molar-refractivity contribution >= 4 is 0 Å². The first-order valence-corrected chi connectivity index (χ1v) is 5.92. The van der Waals surface area contributed by atoms with Crippen molar-refractivity contribution in [3.8, 4) is 0 Å². The molecule has 0 aromatic carbocycles. The molecule has 2 heterocycles. The minimum absolute atomic E-state index is 0.437. The lowest BCUT2D eigenvalue weighted by molar-refractivity contribution is 0.506. The third-order valence-electron chi connectivity index (χ3n) is 2.64. The van der Waals surface area contributed by atoms with Crippen molar-refractivity contribution in [2.45, 2.75) is 39.4 Å². The van der Waals surface area contributed by atoms with Crippen LogP contribution in [0.3, 0.4) is 0 Å². The summed E-state index contributed by atoms with van der Waals surface area (Å²) in [6.07, 6.45) is 7.86. The lowest BCUT2D eigenvalue weighted by Crippen LogP contribution is -2.10. The summed E-state index contributed by atoms with van der Waals surface area (Å²) in [5.41, 5.74) is 6.31. The van der Waals surface area contributed by atoms with Crippen LogP contribution in [0.1, 0.15) is 24.9 Å². The van der Waals surface area contributed by atoms with E-state index in [0.717, 1.165) is 37.4 Å². The van der Waals surface area contributed by atoms with Crippen molar-refractivity contribution in [1.82, 2.24) is 24.5 Å². The van der Waals surface area contributed by atoms with Crippen LogP contribution in [-0.4, -0.2) is 24.5 Å². The summed E-state index contributed by atoms with van der Waals surface area (Å²) < 4.78 is 3.98. The molecular weight excluding hydrogens is 216 g/mol. The van der Waals surface area contributed by atoms with Crippen LogP contribution >= 0.6 is 0 Å². The second-order valence-corrected chi connectivity index (χ2v) is 3.96. The van der Waals surface area contributed by atoms with E-state index in [2.05, 4.69) is 26.8 Å². The van der Waals surface area contributed by atoms with Gasteiger partial charge in [0.2, 0.25) is 0 Å². The lowest BCUT2D eigenvalue weighted by atomic mass is 10.3. The fourth-order valence-electron chi connectivity index (χ4n) is 1.75. The Kier molecular flexibility index (Phi) is 3.87. The molecule has 6 nitrogen and oxygen atoms in total. The molecule has 0 radical (unpaired) electrons. The third-order valence-corrected chi connectivity index (χ3v) is 2.64. The van der Waals surface area contributed by atoms with Gasteiger partial charge in [0.05, 0.1) is 12.2 Å². The Hall–Kier alpha value is -1.69. The number of nitrogens with zero attached hydrogens (tertiary/aromatic N) is 5. The number of nitrogens with two attached hydrogens (primary N) is 1. The normalized spacial score (nSPS) is 10.9. The summed E-state index contributed by atoms with van der Waals surface area (Å²) >= 11 is 0. The van der Waals surface area contributed by atoms with Crippen LogP contribution in [0.4, 0.5) is 0 Å². The van der Waals surface area contributed by atoms with Gasteiger partial charge in [-0.1, -0.05) is 12.1 Å². The first kappa shape index (κ1) is 11.8. The highest BCUT2D eigenvalue weighted by Crippen LogP contribution is 2.02. The predicted molar refractivity (Wildman–Crippen MR) is 64.1 cm³/mol. The van der Waals surface area contributed by atoms with E-state index in [4.69, 9.17) is 5.73 Å². The van der Waals surface area contributed by atoms with Gasteiger partial charge in [-0.25, -0.2) is 4.98 Å². The van der Waals surface area contributed by atoms with Gasteiger partial charge in [0.15, 0.2) is 0 Å². The highest BCUT2D eigenvalue weighted by atomic mass is 15.4. The summed E-state index contributed by atoms with van der Waals surface area (Å²) in [6.45, 7) is 4.25. The number of aromatic nitrogens is 5. The highest BCUT2D eigenvalue weighted by Gasteiger charge is 2.03. The second kappa shape index (κ2) is 5.58. The van der Waals surface area contributed by atoms with E-state index in [1.165, 1.54) is 0 Å². The van der Waals surface area contributed by atoms with E-state index < -0.39 is 0 Å². The topological polar surface area (TPSA) is 74.5 Å². The summed E-state index contributed by atoms with van der Waals surface area (Å²) in [4.78, 5) is 4.34. The van der Waals surface area contributed by atoms with Crippen molar-refractivity contribution in [2.75, 3.05) is 0 Å². The zero-order chi connectivity index (χ0) is 12.1. The van der Waals surface area contributed by atoms with Gasteiger partial charge in [-0.2, -0.15) is 0 Å². The van der Waals surface area contributed by atoms with Gasteiger partial charge in [0, 0.05) is 38.1 Å². The zero-order valence-corrected chi connectivity index (χ0v) is 10.1. The van der Waals surface area contributed by atoms with Crippen LogP contribution in [-0.2, 0) is 26.1 Å². The SMILES string of the molecule is CCCc1nccn1CCn1cc(CN)nn1. The Bertz CT molecular complexity index is 458. The summed E-state index contributed by atoms with van der Waals surface area (Å²) in [5, 5.41) is 7.97. The summed E-state index contributed by atoms with van der Waals surface area (Å²) in [7, 11) is 0. The van der Waals surface area contributed by atoms with E-state index in [9.17, 15) is 0 Å². The molecule has 0 saturated carbocycles. The molecule has 0 spiro atoms. The van der Waals surface area contributed by atoms with Crippen LogP contribution < -0.4 is 5.73 Å². The molecule has 0 aliphatic carbocycles. The number of imidazole rings is 1. The fourth-order valence-corrected chi connectivity index (χ4v) is 1.75. The second-order valence-electron chi connectivity index (χ2n) is 3.96. The van der Waals surface area contributed by atoms with E-state index in [-0.39, 0.29) is 0 Å². The van der Waals surface area contributed by atoms with Gasteiger partial charge in [-0.15, -0.1) is 5.10 Å². The molecular formula is C11H18N6. The minimum atomic E-state index is 0.437. The van der Waals surface area contributed by atoms with Crippen molar-refractivity contribution in [2.24, 2.45) is 5.73 Å². The average molecular weight is 234 g/mol. The molecule has 0 amide bonds. The number of hydrogen-bond donors (Lipinski definition) is 1. The Labute approximate surface area is 100 Å². The van der Waals surface area contributed by atoms with Gasteiger partial charge >= 0.3 is 0 Å². The quantitative estimate of drug-likeness (QED) is 0.793. The monoisotopic (exact) mass is 234 g/mol. The molecule has 2 aromatic heterocycles. The van der Waals surface area contributed by atoms with Crippen LogP contribution in [0.2, 0.25) is 0 Å². The fraction of sp³-hybridized carbons (Fsp3) is 0.545. The van der Waals surface area contributed by atoms with Gasteiger partial charge in [-0.05, 0) is 6.42 Å². The Morgan fingerprint density at radius 2 is 2.24 bits per heavy atom. The maximum Gasteiger partial charge on any atom is 0.108 e. The third kappa shape index (κ3) is 2.91. The van der Waals surface area contributed by atoms with Crippen molar-refractivity contribution in [3.05, 3.63) is 30.1 Å². The molecule has 0 bridgehead atoms. The number of rotatable bonds is 6. The van der Waals surface area contributed by atoms with Crippen LogP contribution in [0.15, 0.2) is 18.6 Å². The van der Waals surface area contributed by atoms with Gasteiger partial charge < -0.3 is 10.3 Å². The highest BCUT2D eigenvalue weighted by molar-refractivity contribution is 4.93. The first-order chi connectivity index (χ1) is 8.33. The standard InChI is InChI=1S/C11H18N6/c1-2-3-11-13-4-5-16(11)6-7-17-9-10(8-12)14-15-17/h4-5,9H,2-3,6-8,12H2,1H3. The van der Waals surface area contributed by atoms with Gasteiger partial charge in [0.1, 0.15) is 5.82 Å². The summed E-state index contributed by atoms with van der Waals surface area (Å²) in [5.74, 6) is 1.13. The maximum absolute atomic E-state index is 5.49. The molecule has 0 unspecified atom stereocenters. The minimum Gasteiger partial charge on any atom is -0.333 e. The Balaban J connectivity index is 1.94. The molecule has 17 heavy (non-hydrogen) atoms. The molecule has 0 aliphatic heterocycles. The van der Waals surface area contributed by atoms with Crippen LogP contribution in [0, 0.1) is 0 Å². The summed E-state index contributed by atoms with van der Waals surface area (Å²) in [6, 6.07) is 0. The maximum atomic E-state index is 5.49. The lowest BCUT2D eigenvalue weighted by Gasteiger charge is -2.06. The largest absolute Gasteiger partial charge is 0.333 e. The smallest absolute Gasteiger partial charge is 0.108 e. The molecule has 0 fully saturated rings. The molecule has 92 valence electrons. The molecule has 2 aromatic rings. The van der Waals surface area contributed by atoms with Crippen molar-refractivity contribution in [3.63, 3.8) is 0 Å². The average Bonchev–Trinajstić information content (AvgIpc) is 2.95. The number of aryl methyl sites for hydroxylation is 3. The van der Waals surface area contributed by atoms with Crippen LogP contribution in [0.25, 0.3) is 0 Å². The van der Waals surface area contributed by atoms with E-state index in [1.54, 1.807) is 0 Å². The van der Waals surface area contributed by atoms with Gasteiger partial charge in [0.25, 0.3) is 0 Å². The van der Waals surface area contributed by atoms with E-state index >= 15 is 0 Å². The van der Waals surface area contributed by atoms with E-state index in [0.29, 0.717) is 6.54 Å². The molecule has 6 heteroatoms. The van der Waals surface area contributed by atoms with Crippen molar-refractivity contribution in [1.29, 1.82) is 0 Å². The van der Waals surface area contributed by atoms with Crippen molar-refractivity contribution < 1.29 is 0 Å². The molecule has 2 rings (SSSR count). The zero-order valence-electron chi connectivity index (χ0n) is 10.1. The Morgan fingerprint density at radius 3 is 2.94 bits per heavy atom. The molecule has 0 atom stereocenters. The molecule has 2 N–H and O–H groups in total. The first-order valence-electron chi connectivity index (χ1n) is 5.92. The van der Waals surface area contributed by atoms with E-state index in [1.807, 2.05) is 23.3 Å². The molecule has 0 aliphatic rings. The predicted octanol–water partition coefficient (Wildman–Crippen LogP) is 0.586. The number of hydrogen-bond acceptors (Lipinski definition) is 4. The molecule has 0 saturated heterocycles. The Morgan fingerprint density at radius 1 is 1.35 bits per heavy atom.